The number of ether oxygens (including phenoxy) is 3. The van der Waals surface area contributed by atoms with Gasteiger partial charge in [-0.15, -0.1) is 5.10 Å². The molecule has 14 heteroatoms. The molecule has 1 amide bonds. The number of thioether (sulfide) groups is 1. The molecule has 0 radical (unpaired) electrons. The second-order valence-corrected chi connectivity index (χ2v) is 10.9. The fourth-order valence-electron chi connectivity index (χ4n) is 3.11. The number of carbonyl (C=O) groups is 2. The van der Waals surface area contributed by atoms with Gasteiger partial charge in [-0.05, 0) is 53.7 Å². The Balaban J connectivity index is 1.65. The van der Waals surface area contributed by atoms with Crippen molar-refractivity contribution in [1.82, 2.24) is 5.01 Å². The summed E-state index contributed by atoms with van der Waals surface area (Å²) < 4.78 is 39.2. The summed E-state index contributed by atoms with van der Waals surface area (Å²) in [6.07, 6.45) is 2.29. The van der Waals surface area contributed by atoms with Crippen LogP contribution in [0.25, 0.3) is 6.08 Å². The van der Waals surface area contributed by atoms with Crippen molar-refractivity contribution in [3.8, 4) is 17.2 Å². The number of amidine groups is 2. The van der Waals surface area contributed by atoms with E-state index in [2.05, 4.69) is 10.1 Å². The number of benzene rings is 2. The third-order valence-electron chi connectivity index (χ3n) is 4.82. The molecule has 0 aliphatic carbocycles. The normalized spacial score (nSPS) is 16.4. The molecule has 2 aromatic rings. The van der Waals surface area contributed by atoms with Gasteiger partial charge in [0.2, 0.25) is 19.4 Å². The molecular formula is C22H17ClN4O7S2. The Morgan fingerprint density at radius 3 is 2.61 bits per heavy atom. The third-order valence-corrected chi connectivity index (χ3v) is 7.67. The third kappa shape index (κ3) is 4.98. The van der Waals surface area contributed by atoms with Gasteiger partial charge in [0, 0.05) is 6.26 Å². The molecule has 2 aromatic carbocycles. The van der Waals surface area contributed by atoms with Gasteiger partial charge in [0.15, 0.2) is 17.3 Å². The highest BCUT2D eigenvalue weighted by Crippen LogP contribution is 2.38. The highest BCUT2D eigenvalue weighted by atomic mass is 35.5. The summed E-state index contributed by atoms with van der Waals surface area (Å²) in [6, 6.07) is 9.23. The van der Waals surface area contributed by atoms with Crippen LogP contribution in [0.2, 0.25) is 5.02 Å². The Morgan fingerprint density at radius 1 is 1.19 bits per heavy atom. The number of nitrogens with zero attached hydrogens (tertiary/aromatic N) is 3. The molecule has 0 spiro atoms. The number of hydrogen-bond acceptors (Lipinski definition) is 10. The molecule has 2 aliphatic rings. The summed E-state index contributed by atoms with van der Waals surface area (Å²) >= 11 is 7.06. The first-order valence-electron chi connectivity index (χ1n) is 9.96. The summed E-state index contributed by atoms with van der Waals surface area (Å²) in [6.45, 7) is 0. The van der Waals surface area contributed by atoms with Gasteiger partial charge in [-0.1, -0.05) is 17.7 Å². The van der Waals surface area contributed by atoms with E-state index in [0.29, 0.717) is 23.1 Å². The first-order chi connectivity index (χ1) is 17.0. The Kier molecular flexibility index (Phi) is 6.89. The molecule has 11 nitrogen and oxygen atoms in total. The van der Waals surface area contributed by atoms with Crippen LogP contribution in [0.1, 0.15) is 15.9 Å². The van der Waals surface area contributed by atoms with Crippen molar-refractivity contribution in [3.05, 3.63) is 58.1 Å². The number of nitrogens with one attached hydrogen (secondary N) is 1. The lowest BCUT2D eigenvalue weighted by Crippen LogP contribution is -2.35. The number of rotatable bonds is 5. The van der Waals surface area contributed by atoms with E-state index in [4.69, 9.17) is 31.2 Å². The lowest BCUT2D eigenvalue weighted by Gasteiger charge is -2.20. The number of halogens is 1. The van der Waals surface area contributed by atoms with E-state index in [1.165, 1.54) is 38.5 Å². The van der Waals surface area contributed by atoms with Crippen LogP contribution in [0.4, 0.5) is 0 Å². The minimum absolute atomic E-state index is 0.00513. The molecular weight excluding hydrogens is 532 g/mol. The average Bonchev–Trinajstić information content (AvgIpc) is 3.28. The average molecular weight is 549 g/mol. The summed E-state index contributed by atoms with van der Waals surface area (Å²) in [5, 5.41) is 13.2. The van der Waals surface area contributed by atoms with E-state index >= 15 is 0 Å². The zero-order valence-corrected chi connectivity index (χ0v) is 21.3. The molecule has 2 heterocycles. The van der Waals surface area contributed by atoms with Gasteiger partial charge in [-0.25, -0.2) is 13.2 Å². The number of esters is 1. The van der Waals surface area contributed by atoms with Crippen molar-refractivity contribution in [2.24, 2.45) is 10.1 Å². The van der Waals surface area contributed by atoms with Crippen molar-refractivity contribution in [2.75, 3.05) is 20.5 Å². The predicted octanol–water partition coefficient (Wildman–Crippen LogP) is 3.20. The smallest absolute Gasteiger partial charge is 0.343 e. The second-order valence-electron chi connectivity index (χ2n) is 7.31. The van der Waals surface area contributed by atoms with E-state index < -0.39 is 21.7 Å². The molecule has 2 aliphatic heterocycles. The van der Waals surface area contributed by atoms with E-state index in [-0.39, 0.29) is 43.0 Å². The lowest BCUT2D eigenvalue weighted by atomic mass is 10.1. The molecule has 0 fully saturated rings. The standard InChI is InChI=1S/C22H17ClN4O7S2/c1-32-13-6-4-5-12(10-13)20(29)34-17-15(23)8-11(9-16(17)33-2)7-14-18(24)27-21(25-19(14)28)35-22(26-27)36(3,30)31/h4-10,24H,1-3H3/b14-7-,24-18?. The molecule has 4 rings (SSSR count). The molecule has 0 saturated heterocycles. The number of aliphatic imine (C=N–C) groups is 1. The maximum Gasteiger partial charge on any atom is 0.343 e. The molecule has 0 atom stereocenters. The number of sulfone groups is 1. The van der Waals surface area contributed by atoms with Crippen molar-refractivity contribution in [3.63, 3.8) is 0 Å². The Bertz CT molecular complexity index is 1520. The quantitative estimate of drug-likeness (QED) is 0.338. The zero-order valence-electron chi connectivity index (χ0n) is 18.9. The van der Waals surface area contributed by atoms with Gasteiger partial charge >= 0.3 is 5.97 Å². The molecule has 0 saturated carbocycles. The Morgan fingerprint density at radius 2 is 1.94 bits per heavy atom. The predicted molar refractivity (Wildman–Crippen MR) is 136 cm³/mol. The molecule has 0 bridgehead atoms. The number of methoxy groups -OCH3 is 2. The minimum Gasteiger partial charge on any atom is -0.497 e. The van der Waals surface area contributed by atoms with Gasteiger partial charge in [0.05, 0.1) is 30.4 Å². The fourth-order valence-corrected chi connectivity index (χ4v) is 5.06. The van der Waals surface area contributed by atoms with Crippen LogP contribution in [-0.2, 0) is 14.6 Å². The number of fused-ring (bicyclic) bond motifs is 1. The van der Waals surface area contributed by atoms with Crippen molar-refractivity contribution in [1.29, 1.82) is 5.41 Å². The van der Waals surface area contributed by atoms with Crippen LogP contribution in [0.15, 0.2) is 52.1 Å². The molecule has 36 heavy (non-hydrogen) atoms. The van der Waals surface area contributed by atoms with E-state index in [1.54, 1.807) is 18.2 Å². The highest BCUT2D eigenvalue weighted by Gasteiger charge is 2.38. The molecule has 186 valence electrons. The monoisotopic (exact) mass is 548 g/mol. The van der Waals surface area contributed by atoms with Crippen molar-refractivity contribution < 1.29 is 32.2 Å². The van der Waals surface area contributed by atoms with E-state index in [1.807, 2.05) is 0 Å². The van der Waals surface area contributed by atoms with Crippen LogP contribution in [-0.4, -0.2) is 61.2 Å². The molecule has 0 aromatic heterocycles. The molecule has 0 unspecified atom stereocenters. The van der Waals surface area contributed by atoms with E-state index in [9.17, 15) is 18.0 Å². The van der Waals surface area contributed by atoms with Crippen LogP contribution in [0.5, 0.6) is 17.2 Å². The lowest BCUT2D eigenvalue weighted by molar-refractivity contribution is -0.114. The van der Waals surface area contributed by atoms with Crippen LogP contribution < -0.4 is 14.2 Å². The SMILES string of the molecule is COc1cccc(C(=O)Oc2c(Cl)cc(/C=C3/C(=N)N4N=C(S(C)(=O)=O)SC4=NC3=O)cc2OC)c1. The van der Waals surface area contributed by atoms with Gasteiger partial charge in [-0.3, -0.25) is 10.2 Å². The second kappa shape index (κ2) is 9.76. The highest BCUT2D eigenvalue weighted by molar-refractivity contribution is 8.42. The van der Waals surface area contributed by atoms with E-state index in [0.717, 1.165) is 11.3 Å². The largest absolute Gasteiger partial charge is 0.497 e. The van der Waals surface area contributed by atoms with Crippen LogP contribution in [0.3, 0.4) is 0 Å². The van der Waals surface area contributed by atoms with Gasteiger partial charge in [0.1, 0.15) is 5.75 Å². The number of carbonyl (C=O) groups excluding carboxylic acids is 2. The topological polar surface area (TPSA) is 148 Å². The van der Waals surface area contributed by atoms with Gasteiger partial charge in [-0.2, -0.15) is 10.0 Å². The first kappa shape index (κ1) is 25.4. The van der Waals surface area contributed by atoms with Crippen molar-refractivity contribution >= 4 is 66.5 Å². The van der Waals surface area contributed by atoms with Crippen LogP contribution in [0, 0.1) is 5.41 Å². The Hall–Kier alpha value is -3.68. The number of hydrazone groups is 1. The summed E-state index contributed by atoms with van der Waals surface area (Å²) in [5.41, 5.74) is 0.409. The minimum atomic E-state index is -3.65. The maximum atomic E-state index is 12.6. The van der Waals surface area contributed by atoms with Crippen molar-refractivity contribution in [2.45, 2.75) is 0 Å². The fraction of sp³-hybridized carbons (Fsp3) is 0.136. The molecule has 1 N–H and O–H groups in total. The summed E-state index contributed by atoms with van der Waals surface area (Å²) in [7, 11) is -0.833. The number of amides is 1. The van der Waals surface area contributed by atoms with Gasteiger partial charge in [0.25, 0.3) is 5.91 Å². The van der Waals surface area contributed by atoms with Gasteiger partial charge < -0.3 is 14.2 Å². The summed E-state index contributed by atoms with van der Waals surface area (Å²) in [5.74, 6) is -1.29. The zero-order chi connectivity index (χ0) is 26.2. The summed E-state index contributed by atoms with van der Waals surface area (Å²) in [4.78, 5) is 29.1. The Labute approximate surface area is 214 Å². The number of hydrogen-bond donors (Lipinski definition) is 1. The maximum absolute atomic E-state index is 12.6. The van der Waals surface area contributed by atoms with Crippen LogP contribution >= 0.6 is 23.4 Å². The first-order valence-corrected chi connectivity index (χ1v) is 13.0.